The minimum Gasteiger partial charge on any atom is -0.477 e. The molecule has 4 N–H and O–H groups in total. The number of carboxylic acid groups (broad SMARTS) is 1. The molecule has 1 aromatic heterocycles. The standard InChI is InChI=1S/C33H35N5O8/c1-19(30(41)37-27(14-16-39)31(42)38(3)17-21-9-8-15-34-28(21)32(43)44)35-29(40)20(2)36-33(45)46-18-26-24-12-6-4-10-22(24)23-11-5-7-13-25(23)26/h4-13,15-16,19-20,26-27H,14,17-18H2,1-3H3,(H,35,40)(H,36,45)(H,37,41)(H,43,44)/t19-,20-,27-/m0/s1. The number of fused-ring (bicyclic) bond motifs is 3. The first kappa shape index (κ1) is 33.3. The highest BCUT2D eigenvalue weighted by Gasteiger charge is 2.31. The van der Waals surface area contributed by atoms with E-state index in [4.69, 9.17) is 4.74 Å². The Kier molecular flexibility index (Phi) is 10.8. The molecule has 1 aliphatic carbocycles. The van der Waals surface area contributed by atoms with Crippen LogP contribution in [0.15, 0.2) is 66.9 Å². The van der Waals surface area contributed by atoms with E-state index in [-0.39, 0.29) is 36.7 Å². The van der Waals surface area contributed by atoms with E-state index >= 15 is 0 Å². The van der Waals surface area contributed by atoms with Gasteiger partial charge >= 0.3 is 12.1 Å². The minimum absolute atomic E-state index is 0.0615. The second-order valence-electron chi connectivity index (χ2n) is 10.9. The quantitative estimate of drug-likeness (QED) is 0.206. The zero-order chi connectivity index (χ0) is 33.4. The number of hydrogen-bond acceptors (Lipinski definition) is 8. The normalized spacial score (nSPS) is 13.6. The van der Waals surface area contributed by atoms with Gasteiger partial charge in [0.2, 0.25) is 17.7 Å². The lowest BCUT2D eigenvalue weighted by molar-refractivity contribution is -0.137. The number of hydrogen-bond donors (Lipinski definition) is 4. The number of nitrogens with zero attached hydrogens (tertiary/aromatic N) is 2. The maximum atomic E-state index is 13.1. The fraction of sp³-hybridized carbons (Fsp3) is 0.303. The summed E-state index contributed by atoms with van der Waals surface area (Å²) in [6.45, 7) is 2.74. The first-order valence-electron chi connectivity index (χ1n) is 14.6. The number of carbonyl (C=O) groups excluding carboxylic acids is 5. The Bertz CT molecular complexity index is 1600. The molecule has 2 aromatic carbocycles. The van der Waals surface area contributed by atoms with E-state index in [9.17, 15) is 33.9 Å². The Morgan fingerprint density at radius 1 is 0.891 bits per heavy atom. The zero-order valence-electron chi connectivity index (χ0n) is 25.6. The van der Waals surface area contributed by atoms with Crippen LogP contribution in [-0.2, 0) is 30.5 Å². The summed E-state index contributed by atoms with van der Waals surface area (Å²) < 4.78 is 5.48. The topological polar surface area (TPSA) is 184 Å². The van der Waals surface area contributed by atoms with Crippen LogP contribution < -0.4 is 16.0 Å². The molecule has 0 bridgehead atoms. The summed E-state index contributed by atoms with van der Waals surface area (Å²) in [5, 5.41) is 16.7. The van der Waals surface area contributed by atoms with Crippen LogP contribution in [0.4, 0.5) is 4.79 Å². The molecular weight excluding hydrogens is 594 g/mol. The van der Waals surface area contributed by atoms with Crippen molar-refractivity contribution in [1.82, 2.24) is 25.8 Å². The molecule has 4 rings (SSSR count). The number of rotatable bonds is 13. The van der Waals surface area contributed by atoms with Gasteiger partial charge < -0.3 is 35.5 Å². The molecule has 4 amide bonds. The van der Waals surface area contributed by atoms with E-state index in [0.29, 0.717) is 6.29 Å². The second-order valence-corrected chi connectivity index (χ2v) is 10.9. The number of nitrogens with one attached hydrogen (secondary N) is 3. The Morgan fingerprint density at radius 3 is 2.09 bits per heavy atom. The highest BCUT2D eigenvalue weighted by atomic mass is 16.5. The zero-order valence-corrected chi connectivity index (χ0v) is 25.6. The monoisotopic (exact) mass is 629 g/mol. The van der Waals surface area contributed by atoms with Crippen LogP contribution in [0, 0.1) is 0 Å². The summed E-state index contributed by atoms with van der Waals surface area (Å²) in [6.07, 6.45) is 0.621. The summed E-state index contributed by atoms with van der Waals surface area (Å²) in [4.78, 5) is 79.0. The third-order valence-corrected chi connectivity index (χ3v) is 7.65. The van der Waals surface area contributed by atoms with Crippen molar-refractivity contribution in [2.75, 3.05) is 13.7 Å². The number of likely N-dealkylation sites (N-methyl/N-ethyl adjacent to an activating group) is 1. The molecule has 46 heavy (non-hydrogen) atoms. The molecule has 13 heteroatoms. The molecule has 0 aliphatic heterocycles. The summed E-state index contributed by atoms with van der Waals surface area (Å²) >= 11 is 0. The van der Waals surface area contributed by atoms with E-state index < -0.39 is 47.9 Å². The van der Waals surface area contributed by atoms with Gasteiger partial charge in [0.05, 0.1) is 0 Å². The third kappa shape index (κ3) is 7.73. The maximum Gasteiger partial charge on any atom is 0.407 e. The Hall–Kier alpha value is -5.59. The van der Waals surface area contributed by atoms with Gasteiger partial charge in [0.15, 0.2) is 5.69 Å². The third-order valence-electron chi connectivity index (χ3n) is 7.65. The van der Waals surface area contributed by atoms with Gasteiger partial charge in [0.25, 0.3) is 0 Å². The lowest BCUT2D eigenvalue weighted by atomic mass is 9.98. The van der Waals surface area contributed by atoms with Crippen LogP contribution in [0.5, 0.6) is 0 Å². The van der Waals surface area contributed by atoms with Crippen molar-refractivity contribution in [3.05, 3.63) is 89.2 Å². The van der Waals surface area contributed by atoms with Gasteiger partial charge in [-0.25, -0.2) is 14.6 Å². The molecule has 13 nitrogen and oxygen atoms in total. The summed E-state index contributed by atoms with van der Waals surface area (Å²) in [7, 11) is 1.40. The van der Waals surface area contributed by atoms with Crippen LogP contribution in [-0.4, -0.2) is 82.8 Å². The summed E-state index contributed by atoms with van der Waals surface area (Å²) in [6, 6.07) is 15.3. The number of aromatic carboxylic acids is 1. The largest absolute Gasteiger partial charge is 0.477 e. The molecular formula is C33H35N5O8. The van der Waals surface area contributed by atoms with Gasteiger partial charge in [-0.1, -0.05) is 54.6 Å². The van der Waals surface area contributed by atoms with Crippen LogP contribution in [0.25, 0.3) is 11.1 Å². The fourth-order valence-electron chi connectivity index (χ4n) is 5.26. The van der Waals surface area contributed by atoms with Crippen LogP contribution in [0.1, 0.15) is 53.4 Å². The fourth-order valence-corrected chi connectivity index (χ4v) is 5.26. The molecule has 3 aromatic rings. The smallest absolute Gasteiger partial charge is 0.407 e. The van der Waals surface area contributed by atoms with E-state index in [0.717, 1.165) is 22.3 Å². The highest BCUT2D eigenvalue weighted by Crippen LogP contribution is 2.44. The predicted molar refractivity (Wildman–Crippen MR) is 166 cm³/mol. The highest BCUT2D eigenvalue weighted by molar-refractivity contribution is 5.94. The lowest BCUT2D eigenvalue weighted by Crippen LogP contribution is -2.55. The van der Waals surface area contributed by atoms with Crippen molar-refractivity contribution in [3.63, 3.8) is 0 Å². The molecule has 0 saturated heterocycles. The maximum absolute atomic E-state index is 13.1. The Morgan fingerprint density at radius 2 is 1.48 bits per heavy atom. The molecule has 1 heterocycles. The Labute approximate surface area is 265 Å². The Balaban J connectivity index is 1.28. The van der Waals surface area contributed by atoms with Gasteiger partial charge in [-0.3, -0.25) is 14.4 Å². The molecule has 0 saturated carbocycles. The number of carbonyl (C=O) groups is 6. The molecule has 0 radical (unpaired) electrons. The molecule has 240 valence electrons. The number of aldehydes is 1. The average molecular weight is 630 g/mol. The molecule has 1 aliphatic rings. The van der Waals surface area contributed by atoms with E-state index in [2.05, 4.69) is 20.9 Å². The SMILES string of the molecule is C[C@H](NC(=O)OCC1c2ccccc2-c2ccccc21)C(=O)N[C@@H](C)C(=O)N[C@@H](CC=O)C(=O)N(C)Cc1cccnc1C(=O)O. The first-order valence-corrected chi connectivity index (χ1v) is 14.6. The molecule has 3 atom stereocenters. The van der Waals surface area contributed by atoms with E-state index in [1.165, 1.54) is 44.1 Å². The number of benzene rings is 2. The number of amides is 4. The first-order chi connectivity index (χ1) is 22.0. The van der Waals surface area contributed by atoms with Crippen LogP contribution in [0.2, 0.25) is 0 Å². The van der Waals surface area contributed by atoms with Crippen LogP contribution >= 0.6 is 0 Å². The number of aromatic nitrogens is 1. The average Bonchev–Trinajstić information content (AvgIpc) is 3.36. The van der Waals surface area contributed by atoms with Crippen molar-refractivity contribution < 1.29 is 38.6 Å². The van der Waals surface area contributed by atoms with Crippen molar-refractivity contribution >= 4 is 36.1 Å². The molecule has 0 spiro atoms. The van der Waals surface area contributed by atoms with E-state index in [1.54, 1.807) is 0 Å². The van der Waals surface area contributed by atoms with Gasteiger partial charge in [0, 0.05) is 37.7 Å². The van der Waals surface area contributed by atoms with Crippen LogP contribution in [0.3, 0.4) is 0 Å². The minimum atomic E-state index is -1.27. The number of ether oxygens (including phenoxy) is 1. The van der Waals surface area contributed by atoms with Gasteiger partial charge in [-0.05, 0) is 42.2 Å². The van der Waals surface area contributed by atoms with Gasteiger partial charge in [-0.15, -0.1) is 0 Å². The van der Waals surface area contributed by atoms with Crippen molar-refractivity contribution in [1.29, 1.82) is 0 Å². The van der Waals surface area contributed by atoms with Gasteiger partial charge in [0.1, 0.15) is 31.0 Å². The van der Waals surface area contributed by atoms with Gasteiger partial charge in [-0.2, -0.15) is 0 Å². The number of alkyl carbamates (subject to hydrolysis) is 1. The predicted octanol–water partition coefficient (Wildman–Crippen LogP) is 2.24. The second kappa shape index (κ2) is 14.9. The van der Waals surface area contributed by atoms with Crippen molar-refractivity contribution in [2.45, 2.75) is 50.9 Å². The van der Waals surface area contributed by atoms with Crippen molar-refractivity contribution in [3.8, 4) is 11.1 Å². The number of carboxylic acids is 1. The lowest BCUT2D eigenvalue weighted by Gasteiger charge is -2.25. The number of pyridine rings is 1. The molecule has 0 unspecified atom stereocenters. The van der Waals surface area contributed by atoms with E-state index in [1.807, 2.05) is 48.5 Å². The van der Waals surface area contributed by atoms with Crippen molar-refractivity contribution in [2.24, 2.45) is 0 Å². The summed E-state index contributed by atoms with van der Waals surface area (Å²) in [5.74, 6) is -3.49. The summed E-state index contributed by atoms with van der Waals surface area (Å²) in [5.41, 5.74) is 4.28. The molecule has 0 fully saturated rings.